The van der Waals surface area contributed by atoms with Crippen LogP contribution in [0.4, 0.5) is 0 Å². The van der Waals surface area contributed by atoms with Crippen molar-refractivity contribution in [2.24, 2.45) is 0 Å². The van der Waals surface area contributed by atoms with Crippen LogP contribution >= 0.6 is 0 Å². The zero-order chi connectivity index (χ0) is 13.5. The van der Waals surface area contributed by atoms with Gasteiger partial charge < -0.3 is 15.0 Å². The normalized spacial score (nSPS) is 16.2. The molecule has 0 radical (unpaired) electrons. The third kappa shape index (κ3) is 5.46. The summed E-state index contributed by atoms with van der Waals surface area (Å²) in [6.07, 6.45) is -0.116. The summed E-state index contributed by atoms with van der Waals surface area (Å²) in [6.45, 7) is 7.18. The van der Waals surface area contributed by atoms with E-state index in [1.54, 1.807) is 11.9 Å². The molecule has 0 saturated carbocycles. The van der Waals surface area contributed by atoms with Crippen molar-refractivity contribution >= 4 is 11.9 Å². The van der Waals surface area contributed by atoms with Crippen LogP contribution in [0.1, 0.15) is 13.8 Å². The van der Waals surface area contributed by atoms with Crippen LogP contribution in [0.25, 0.3) is 0 Å². The lowest BCUT2D eigenvalue weighted by Gasteiger charge is -2.29. The number of amides is 1. The maximum absolute atomic E-state index is 11.9. The van der Waals surface area contributed by atoms with Crippen LogP contribution in [0.2, 0.25) is 0 Å². The zero-order valence-corrected chi connectivity index (χ0v) is 11.4. The standard InChI is InChI=1S/C12H23N3O3/c1-10(2)18-12(17)9-14(3)8-11(16)15-6-4-13-5-7-15/h10,13H,4-9H2,1-3H3. The first-order valence-corrected chi connectivity index (χ1v) is 6.35. The average Bonchev–Trinajstić information content (AvgIpc) is 2.28. The molecule has 0 bridgehead atoms. The van der Waals surface area contributed by atoms with Crippen LogP contribution < -0.4 is 5.32 Å². The van der Waals surface area contributed by atoms with E-state index in [0.29, 0.717) is 0 Å². The molecule has 1 aliphatic rings. The molecule has 18 heavy (non-hydrogen) atoms. The molecule has 0 spiro atoms. The van der Waals surface area contributed by atoms with E-state index in [4.69, 9.17) is 4.74 Å². The van der Waals surface area contributed by atoms with E-state index in [9.17, 15) is 9.59 Å². The Hall–Kier alpha value is -1.14. The van der Waals surface area contributed by atoms with Crippen LogP contribution in [0.3, 0.4) is 0 Å². The number of hydrogen-bond donors (Lipinski definition) is 1. The van der Waals surface area contributed by atoms with Crippen molar-refractivity contribution in [3.63, 3.8) is 0 Å². The number of carbonyl (C=O) groups excluding carboxylic acids is 2. The minimum Gasteiger partial charge on any atom is -0.462 e. The van der Waals surface area contributed by atoms with Gasteiger partial charge in [0.1, 0.15) is 0 Å². The highest BCUT2D eigenvalue weighted by Crippen LogP contribution is 1.97. The van der Waals surface area contributed by atoms with Gasteiger partial charge in [-0.15, -0.1) is 0 Å². The van der Waals surface area contributed by atoms with Gasteiger partial charge in [0.15, 0.2) is 0 Å². The topological polar surface area (TPSA) is 61.9 Å². The molecule has 1 rings (SSSR count). The second kappa shape index (κ2) is 7.33. The number of piperazine rings is 1. The summed E-state index contributed by atoms with van der Waals surface area (Å²) >= 11 is 0. The Morgan fingerprint density at radius 3 is 2.44 bits per heavy atom. The summed E-state index contributed by atoms with van der Waals surface area (Å²) in [7, 11) is 1.75. The average molecular weight is 257 g/mol. The molecule has 104 valence electrons. The number of ether oxygens (including phenoxy) is 1. The quantitative estimate of drug-likeness (QED) is 0.660. The highest BCUT2D eigenvalue weighted by molar-refractivity contribution is 5.79. The Morgan fingerprint density at radius 2 is 1.89 bits per heavy atom. The number of rotatable bonds is 5. The molecule has 0 aliphatic carbocycles. The van der Waals surface area contributed by atoms with Gasteiger partial charge in [-0.1, -0.05) is 0 Å². The molecular weight excluding hydrogens is 234 g/mol. The number of nitrogens with zero attached hydrogens (tertiary/aromatic N) is 2. The van der Waals surface area contributed by atoms with Crippen LogP contribution in [0.15, 0.2) is 0 Å². The summed E-state index contributed by atoms with van der Waals surface area (Å²) in [5, 5.41) is 3.20. The summed E-state index contributed by atoms with van der Waals surface area (Å²) in [4.78, 5) is 26.8. The maximum Gasteiger partial charge on any atom is 0.320 e. The van der Waals surface area contributed by atoms with Crippen molar-refractivity contribution in [2.75, 3.05) is 46.3 Å². The van der Waals surface area contributed by atoms with Crippen LogP contribution in [-0.4, -0.2) is 74.1 Å². The number of likely N-dealkylation sites (N-methyl/N-ethyl adjacent to an activating group) is 1. The molecule has 1 amide bonds. The van der Waals surface area contributed by atoms with Crippen molar-refractivity contribution in [1.82, 2.24) is 15.1 Å². The fourth-order valence-corrected chi connectivity index (χ4v) is 1.82. The molecule has 0 aromatic carbocycles. The smallest absolute Gasteiger partial charge is 0.320 e. The van der Waals surface area contributed by atoms with E-state index in [2.05, 4.69) is 5.32 Å². The molecule has 6 heteroatoms. The second-order valence-electron chi connectivity index (χ2n) is 4.84. The van der Waals surface area contributed by atoms with Crippen molar-refractivity contribution in [3.05, 3.63) is 0 Å². The van der Waals surface area contributed by atoms with E-state index in [1.165, 1.54) is 0 Å². The lowest BCUT2D eigenvalue weighted by atomic mass is 10.3. The highest BCUT2D eigenvalue weighted by atomic mass is 16.5. The fraction of sp³-hybridized carbons (Fsp3) is 0.833. The first kappa shape index (κ1) is 14.9. The van der Waals surface area contributed by atoms with Gasteiger partial charge >= 0.3 is 5.97 Å². The van der Waals surface area contributed by atoms with Crippen LogP contribution in [0, 0.1) is 0 Å². The highest BCUT2D eigenvalue weighted by Gasteiger charge is 2.19. The lowest BCUT2D eigenvalue weighted by Crippen LogP contribution is -2.49. The van der Waals surface area contributed by atoms with E-state index in [0.717, 1.165) is 26.2 Å². The first-order chi connectivity index (χ1) is 8.49. The minimum atomic E-state index is -0.291. The SMILES string of the molecule is CC(C)OC(=O)CN(C)CC(=O)N1CCNCC1. The van der Waals surface area contributed by atoms with E-state index in [-0.39, 0.29) is 31.1 Å². The van der Waals surface area contributed by atoms with Gasteiger partial charge in [-0.25, -0.2) is 0 Å². The predicted octanol–water partition coefficient (Wildman–Crippen LogP) is -0.698. The van der Waals surface area contributed by atoms with Crippen molar-refractivity contribution in [1.29, 1.82) is 0 Å². The molecule has 0 unspecified atom stereocenters. The predicted molar refractivity (Wildman–Crippen MR) is 68.2 cm³/mol. The Balaban J connectivity index is 2.28. The third-order valence-corrected chi connectivity index (χ3v) is 2.64. The van der Waals surface area contributed by atoms with Gasteiger partial charge in [0.05, 0.1) is 19.2 Å². The number of esters is 1. The molecule has 1 N–H and O–H groups in total. The maximum atomic E-state index is 11.9. The molecule has 1 fully saturated rings. The monoisotopic (exact) mass is 257 g/mol. The van der Waals surface area contributed by atoms with Gasteiger partial charge in [0.2, 0.25) is 5.91 Å². The molecule has 0 atom stereocenters. The molecule has 0 aromatic heterocycles. The van der Waals surface area contributed by atoms with Gasteiger partial charge in [-0.05, 0) is 20.9 Å². The largest absolute Gasteiger partial charge is 0.462 e. The Kier molecular flexibility index (Phi) is 6.07. The van der Waals surface area contributed by atoms with Crippen LogP contribution in [-0.2, 0) is 14.3 Å². The second-order valence-corrected chi connectivity index (χ2v) is 4.84. The van der Waals surface area contributed by atoms with Crippen molar-refractivity contribution in [2.45, 2.75) is 20.0 Å². The van der Waals surface area contributed by atoms with Crippen molar-refractivity contribution < 1.29 is 14.3 Å². The summed E-state index contributed by atoms with van der Waals surface area (Å²) in [5.74, 6) is -0.225. The number of nitrogens with one attached hydrogen (secondary N) is 1. The number of hydrogen-bond acceptors (Lipinski definition) is 5. The molecule has 1 aliphatic heterocycles. The van der Waals surface area contributed by atoms with Gasteiger partial charge in [-0.2, -0.15) is 0 Å². The molecule has 1 saturated heterocycles. The van der Waals surface area contributed by atoms with Crippen LogP contribution in [0.5, 0.6) is 0 Å². The number of carbonyl (C=O) groups is 2. The summed E-state index contributed by atoms with van der Waals surface area (Å²) < 4.78 is 5.03. The summed E-state index contributed by atoms with van der Waals surface area (Å²) in [5.41, 5.74) is 0. The van der Waals surface area contributed by atoms with Gasteiger partial charge in [0.25, 0.3) is 0 Å². The van der Waals surface area contributed by atoms with E-state index < -0.39 is 0 Å². The lowest BCUT2D eigenvalue weighted by molar-refractivity contribution is -0.148. The minimum absolute atomic E-state index is 0.0661. The zero-order valence-electron chi connectivity index (χ0n) is 11.4. The van der Waals surface area contributed by atoms with Crippen molar-refractivity contribution in [3.8, 4) is 0 Å². The Morgan fingerprint density at radius 1 is 1.28 bits per heavy atom. The summed E-state index contributed by atoms with van der Waals surface area (Å²) in [6, 6.07) is 0. The van der Waals surface area contributed by atoms with Gasteiger partial charge in [-0.3, -0.25) is 14.5 Å². The Bertz CT molecular complexity index is 288. The third-order valence-electron chi connectivity index (χ3n) is 2.64. The molecular formula is C12H23N3O3. The van der Waals surface area contributed by atoms with E-state index in [1.807, 2.05) is 18.7 Å². The first-order valence-electron chi connectivity index (χ1n) is 6.35. The van der Waals surface area contributed by atoms with E-state index >= 15 is 0 Å². The molecule has 1 heterocycles. The molecule has 0 aromatic rings. The fourth-order valence-electron chi connectivity index (χ4n) is 1.82. The van der Waals surface area contributed by atoms with Gasteiger partial charge in [0, 0.05) is 26.2 Å². The Labute approximate surface area is 108 Å². The molecule has 6 nitrogen and oxygen atoms in total.